The first-order chi connectivity index (χ1) is 5.27. The lowest BCUT2D eigenvalue weighted by Gasteiger charge is -2.21. The largest absolute Gasteiger partial charge is 0.317 e. The van der Waals surface area contributed by atoms with Crippen molar-refractivity contribution in [2.24, 2.45) is 0 Å². The summed E-state index contributed by atoms with van der Waals surface area (Å²) in [6.45, 7) is 2.90. The Morgan fingerprint density at radius 2 is 2.36 bits per heavy atom. The van der Waals surface area contributed by atoms with Crippen molar-refractivity contribution in [3.63, 3.8) is 0 Å². The molecule has 60 valence electrons. The van der Waals surface area contributed by atoms with E-state index < -0.39 is 0 Å². The van der Waals surface area contributed by atoms with Gasteiger partial charge in [0.1, 0.15) is 11.0 Å². The van der Waals surface area contributed by atoms with Gasteiger partial charge in [0.25, 0.3) is 0 Å². The topological polar surface area (TPSA) is 21.1 Å². The molecule has 0 atom stereocenters. The third-order valence-electron chi connectivity index (χ3n) is 1.77. The van der Waals surface area contributed by atoms with Crippen molar-refractivity contribution in [2.75, 3.05) is 6.54 Å². The van der Waals surface area contributed by atoms with Crippen LogP contribution in [0.25, 0.3) is 0 Å². The molecule has 0 unspecified atom stereocenters. The van der Waals surface area contributed by atoms with Gasteiger partial charge in [-0.1, -0.05) is 11.6 Å². The Labute approximate surface area is 83.8 Å². The van der Waals surface area contributed by atoms with Gasteiger partial charge in [-0.25, -0.2) is 8.10 Å². The summed E-state index contributed by atoms with van der Waals surface area (Å²) in [7, 11) is 0. The number of hydrogen-bond donors (Lipinski definition) is 0. The molecular formula is C6H7ClIN3. The average molecular weight is 284 g/mol. The van der Waals surface area contributed by atoms with Crippen LogP contribution in [0.2, 0.25) is 5.15 Å². The van der Waals surface area contributed by atoms with Gasteiger partial charge in [-0.05, 0) is 0 Å². The minimum absolute atomic E-state index is 0.754. The average Bonchev–Trinajstić information content (AvgIpc) is 2.32. The van der Waals surface area contributed by atoms with Crippen molar-refractivity contribution in [1.29, 1.82) is 0 Å². The summed E-state index contributed by atoms with van der Waals surface area (Å²) in [6, 6.07) is 0. The van der Waals surface area contributed by atoms with E-state index in [9.17, 15) is 0 Å². The summed E-state index contributed by atoms with van der Waals surface area (Å²) in [5.41, 5.74) is 0. The molecule has 0 fully saturated rings. The van der Waals surface area contributed by atoms with Crippen LogP contribution in [0.15, 0.2) is 6.20 Å². The van der Waals surface area contributed by atoms with Gasteiger partial charge in [0.05, 0.1) is 12.7 Å². The lowest BCUT2D eigenvalue weighted by molar-refractivity contribution is 0.395. The lowest BCUT2D eigenvalue weighted by atomic mass is 10.4. The number of imidazole rings is 1. The summed E-state index contributed by atoms with van der Waals surface area (Å²) in [5.74, 6) is 1.07. The summed E-state index contributed by atoms with van der Waals surface area (Å²) in [5, 5.41) is 0.754. The van der Waals surface area contributed by atoms with Crippen molar-refractivity contribution in [3.05, 3.63) is 17.2 Å². The van der Waals surface area contributed by atoms with Crippen LogP contribution in [0.5, 0.6) is 0 Å². The van der Waals surface area contributed by atoms with E-state index in [2.05, 4.69) is 35.5 Å². The number of fused-ring (bicyclic) bond motifs is 1. The number of aromatic nitrogens is 2. The van der Waals surface area contributed by atoms with Gasteiger partial charge < -0.3 is 4.57 Å². The van der Waals surface area contributed by atoms with Gasteiger partial charge in [0, 0.05) is 36.0 Å². The quantitative estimate of drug-likeness (QED) is 0.534. The fourth-order valence-electron chi connectivity index (χ4n) is 1.19. The third kappa shape index (κ3) is 1.39. The van der Waals surface area contributed by atoms with E-state index >= 15 is 0 Å². The molecule has 2 rings (SSSR count). The highest BCUT2D eigenvalue weighted by atomic mass is 127. The second-order valence-corrected chi connectivity index (χ2v) is 4.24. The van der Waals surface area contributed by atoms with Crippen molar-refractivity contribution in [2.45, 2.75) is 13.1 Å². The molecule has 0 amide bonds. The van der Waals surface area contributed by atoms with E-state index in [1.807, 2.05) is 0 Å². The zero-order chi connectivity index (χ0) is 7.84. The van der Waals surface area contributed by atoms with E-state index in [0.717, 1.165) is 30.6 Å². The minimum atomic E-state index is 0.754. The van der Waals surface area contributed by atoms with Crippen LogP contribution in [0.3, 0.4) is 0 Å². The molecule has 2 heterocycles. The molecule has 0 N–H and O–H groups in total. The molecule has 0 bridgehead atoms. The molecule has 1 aliphatic heterocycles. The normalized spacial score (nSPS) is 18.4. The van der Waals surface area contributed by atoms with Crippen LogP contribution in [-0.2, 0) is 13.1 Å². The van der Waals surface area contributed by atoms with Gasteiger partial charge in [0.2, 0.25) is 0 Å². The van der Waals surface area contributed by atoms with Crippen LogP contribution in [0.4, 0.5) is 0 Å². The molecule has 0 spiro atoms. The van der Waals surface area contributed by atoms with Gasteiger partial charge in [-0.2, -0.15) is 0 Å². The molecule has 1 aromatic heterocycles. The first-order valence-corrected chi connectivity index (χ1v) is 4.72. The molecule has 1 aliphatic rings. The van der Waals surface area contributed by atoms with Gasteiger partial charge >= 0.3 is 0 Å². The molecule has 11 heavy (non-hydrogen) atoms. The first-order valence-electron chi connectivity index (χ1n) is 3.38. The number of hydrogen-bond acceptors (Lipinski definition) is 2. The van der Waals surface area contributed by atoms with E-state index in [1.54, 1.807) is 6.20 Å². The summed E-state index contributed by atoms with van der Waals surface area (Å²) in [6.07, 6.45) is 1.71. The second-order valence-electron chi connectivity index (χ2n) is 2.49. The Morgan fingerprint density at radius 3 is 3.18 bits per heavy atom. The van der Waals surface area contributed by atoms with E-state index in [4.69, 9.17) is 11.6 Å². The fourth-order valence-corrected chi connectivity index (χ4v) is 1.95. The molecule has 0 radical (unpaired) electrons. The summed E-state index contributed by atoms with van der Waals surface area (Å²) >= 11 is 8.18. The fraction of sp³-hybridized carbons (Fsp3) is 0.500. The second kappa shape index (κ2) is 2.91. The van der Waals surface area contributed by atoms with Crippen LogP contribution >= 0.6 is 34.5 Å². The molecule has 1 aromatic rings. The molecule has 3 nitrogen and oxygen atoms in total. The molecule has 0 aromatic carbocycles. The predicted molar refractivity (Wildman–Crippen MR) is 51.7 cm³/mol. The number of rotatable bonds is 0. The van der Waals surface area contributed by atoms with Crippen molar-refractivity contribution < 1.29 is 0 Å². The highest BCUT2D eigenvalue weighted by Gasteiger charge is 2.16. The van der Waals surface area contributed by atoms with Crippen molar-refractivity contribution >= 4 is 34.5 Å². The predicted octanol–water partition coefficient (Wildman–Crippen LogP) is 1.70. The molecule has 5 heteroatoms. The number of halogens is 2. The van der Waals surface area contributed by atoms with Gasteiger partial charge in [-0.15, -0.1) is 0 Å². The van der Waals surface area contributed by atoms with Crippen LogP contribution in [-0.4, -0.2) is 19.2 Å². The first kappa shape index (κ1) is 7.82. The zero-order valence-electron chi connectivity index (χ0n) is 5.80. The Morgan fingerprint density at radius 1 is 1.55 bits per heavy atom. The van der Waals surface area contributed by atoms with Crippen LogP contribution < -0.4 is 0 Å². The Kier molecular flexibility index (Phi) is 2.07. The highest BCUT2D eigenvalue weighted by Crippen LogP contribution is 2.19. The van der Waals surface area contributed by atoms with Crippen molar-refractivity contribution in [3.8, 4) is 0 Å². The van der Waals surface area contributed by atoms with E-state index in [-0.39, 0.29) is 0 Å². The van der Waals surface area contributed by atoms with Crippen molar-refractivity contribution in [1.82, 2.24) is 12.7 Å². The molecule has 0 aliphatic carbocycles. The van der Waals surface area contributed by atoms with E-state index in [1.165, 1.54) is 0 Å². The monoisotopic (exact) mass is 283 g/mol. The standard InChI is InChI=1S/C6H7ClIN3/c7-5-3-9-6-4-10(8)1-2-11(5)6/h3H,1-2,4H2. The maximum atomic E-state index is 5.88. The third-order valence-corrected chi connectivity index (χ3v) is 2.89. The van der Waals surface area contributed by atoms with Gasteiger partial charge in [0.15, 0.2) is 0 Å². The Bertz CT molecular complexity index is 273. The maximum absolute atomic E-state index is 5.88. The molecule has 0 saturated heterocycles. The number of nitrogens with zero attached hydrogens (tertiary/aromatic N) is 3. The Hall–Kier alpha value is 0.190. The van der Waals surface area contributed by atoms with E-state index in [0.29, 0.717) is 0 Å². The van der Waals surface area contributed by atoms with Crippen LogP contribution in [0, 0.1) is 0 Å². The smallest absolute Gasteiger partial charge is 0.128 e. The maximum Gasteiger partial charge on any atom is 0.128 e. The molecule has 0 saturated carbocycles. The highest BCUT2D eigenvalue weighted by molar-refractivity contribution is 14.1. The minimum Gasteiger partial charge on any atom is -0.317 e. The Balaban J connectivity index is 2.36. The lowest BCUT2D eigenvalue weighted by Crippen LogP contribution is -2.26. The SMILES string of the molecule is Clc1cnc2n1CCN(I)C2. The molecular weight excluding hydrogens is 276 g/mol. The zero-order valence-corrected chi connectivity index (χ0v) is 8.71. The summed E-state index contributed by atoms with van der Waals surface area (Å²) in [4.78, 5) is 4.19. The van der Waals surface area contributed by atoms with Crippen LogP contribution in [0.1, 0.15) is 5.82 Å². The van der Waals surface area contributed by atoms with Gasteiger partial charge in [-0.3, -0.25) is 0 Å². The summed E-state index contributed by atoms with van der Waals surface area (Å²) < 4.78 is 4.26.